The highest BCUT2D eigenvalue weighted by Gasteiger charge is 2.28. The second kappa shape index (κ2) is 6.28. The summed E-state index contributed by atoms with van der Waals surface area (Å²) in [5, 5.41) is 0. The molecule has 2 atom stereocenters. The first kappa shape index (κ1) is 14.1. The van der Waals surface area contributed by atoms with Crippen LogP contribution in [0.2, 0.25) is 0 Å². The van der Waals surface area contributed by atoms with Gasteiger partial charge in [0.15, 0.2) is 0 Å². The van der Waals surface area contributed by atoms with Crippen molar-refractivity contribution in [1.29, 1.82) is 0 Å². The van der Waals surface area contributed by atoms with Gasteiger partial charge in [0.2, 0.25) is 0 Å². The fourth-order valence-electron chi connectivity index (χ4n) is 4.11. The number of nitrogens with zero attached hydrogens (tertiary/aromatic N) is 1. The van der Waals surface area contributed by atoms with Crippen molar-refractivity contribution in [2.45, 2.75) is 56.9 Å². The molecule has 0 spiro atoms. The molecule has 1 aromatic carbocycles. The van der Waals surface area contributed by atoms with Crippen LogP contribution in [0.25, 0.3) is 0 Å². The summed E-state index contributed by atoms with van der Waals surface area (Å²) in [6.07, 6.45) is 9.25. The lowest BCUT2D eigenvalue weighted by atomic mass is 9.82. The van der Waals surface area contributed by atoms with Gasteiger partial charge in [0.25, 0.3) is 0 Å². The predicted molar refractivity (Wildman–Crippen MR) is 85.1 cm³/mol. The lowest BCUT2D eigenvalue weighted by molar-refractivity contribution is 0.160. The van der Waals surface area contributed by atoms with Crippen molar-refractivity contribution in [3.8, 4) is 0 Å². The number of aryl methyl sites for hydroxylation is 2. The van der Waals surface area contributed by atoms with Crippen LogP contribution in [0.4, 0.5) is 0 Å². The molecule has 1 aliphatic heterocycles. The Labute approximate surface area is 123 Å². The first-order valence-electron chi connectivity index (χ1n) is 8.31. The van der Waals surface area contributed by atoms with E-state index in [1.165, 1.54) is 57.1 Å². The van der Waals surface area contributed by atoms with Crippen LogP contribution in [0.3, 0.4) is 0 Å². The van der Waals surface area contributed by atoms with E-state index in [1.54, 1.807) is 11.1 Å². The highest BCUT2D eigenvalue weighted by molar-refractivity contribution is 5.36. The summed E-state index contributed by atoms with van der Waals surface area (Å²) in [5.74, 6) is 0.507. The molecule has 110 valence electrons. The second-order valence-corrected chi connectivity index (χ2v) is 6.62. The molecule has 1 aromatic rings. The zero-order chi connectivity index (χ0) is 13.9. The smallest absolute Gasteiger partial charge is 0.0173 e. The molecule has 0 aromatic heterocycles. The average molecular weight is 272 g/mol. The molecule has 2 aliphatic rings. The highest BCUT2D eigenvalue weighted by atomic mass is 15.1. The Bertz CT molecular complexity index is 455. The molecule has 1 heterocycles. The molecule has 1 saturated heterocycles. The molecule has 2 N–H and O–H groups in total. The summed E-state index contributed by atoms with van der Waals surface area (Å²) in [6, 6.07) is 7.82. The first-order valence-corrected chi connectivity index (χ1v) is 8.31. The largest absolute Gasteiger partial charge is 0.330 e. The van der Waals surface area contributed by atoms with E-state index in [1.807, 2.05) is 0 Å². The monoisotopic (exact) mass is 272 g/mol. The molecule has 3 rings (SSSR count). The Kier molecular flexibility index (Phi) is 4.42. The van der Waals surface area contributed by atoms with Crippen molar-refractivity contribution in [2.75, 3.05) is 20.1 Å². The van der Waals surface area contributed by atoms with Gasteiger partial charge < -0.3 is 10.6 Å². The molecule has 20 heavy (non-hydrogen) atoms. The van der Waals surface area contributed by atoms with Crippen LogP contribution < -0.4 is 5.73 Å². The van der Waals surface area contributed by atoms with E-state index in [2.05, 4.69) is 30.1 Å². The van der Waals surface area contributed by atoms with Crippen molar-refractivity contribution >= 4 is 0 Å². The van der Waals surface area contributed by atoms with Gasteiger partial charge in [-0.05, 0) is 68.8 Å². The number of likely N-dealkylation sites (N-methyl/N-ethyl adjacent to an activating group) is 1. The average Bonchev–Trinajstić information content (AvgIpc) is 2.50. The van der Waals surface area contributed by atoms with E-state index in [0.29, 0.717) is 12.0 Å². The SMILES string of the molecule is CN1CCCCC1C(CN)c1ccc2c(c1)CCCC2. The predicted octanol–water partition coefficient (Wildman–Crippen LogP) is 3.09. The summed E-state index contributed by atoms with van der Waals surface area (Å²) < 4.78 is 0. The van der Waals surface area contributed by atoms with Crippen LogP contribution in [-0.4, -0.2) is 31.1 Å². The Morgan fingerprint density at radius 2 is 1.95 bits per heavy atom. The Balaban J connectivity index is 1.85. The fourth-order valence-corrected chi connectivity index (χ4v) is 4.11. The van der Waals surface area contributed by atoms with Gasteiger partial charge in [0.1, 0.15) is 0 Å². The zero-order valence-electron chi connectivity index (χ0n) is 12.8. The van der Waals surface area contributed by atoms with E-state index in [4.69, 9.17) is 5.73 Å². The van der Waals surface area contributed by atoms with Crippen molar-refractivity contribution < 1.29 is 0 Å². The molecule has 2 nitrogen and oxygen atoms in total. The Morgan fingerprint density at radius 1 is 1.15 bits per heavy atom. The maximum absolute atomic E-state index is 6.15. The van der Waals surface area contributed by atoms with Crippen LogP contribution in [0, 0.1) is 0 Å². The number of rotatable bonds is 3. The van der Waals surface area contributed by atoms with E-state index < -0.39 is 0 Å². The number of nitrogens with two attached hydrogens (primary N) is 1. The molecule has 2 heteroatoms. The standard InChI is InChI=1S/C18H28N2/c1-20-11-5-4-8-18(20)17(13-19)16-10-9-14-6-2-3-7-15(14)12-16/h9-10,12,17-18H,2-8,11,13,19H2,1H3. The number of hydrogen-bond acceptors (Lipinski definition) is 2. The number of piperidine rings is 1. The van der Waals surface area contributed by atoms with Gasteiger partial charge in [-0.25, -0.2) is 0 Å². The molecule has 0 bridgehead atoms. The number of fused-ring (bicyclic) bond motifs is 1. The summed E-state index contributed by atoms with van der Waals surface area (Å²) >= 11 is 0. The third kappa shape index (κ3) is 2.77. The van der Waals surface area contributed by atoms with Gasteiger partial charge in [0, 0.05) is 18.5 Å². The highest BCUT2D eigenvalue weighted by Crippen LogP contribution is 2.31. The fraction of sp³-hybridized carbons (Fsp3) is 0.667. The topological polar surface area (TPSA) is 29.3 Å². The molecule has 1 aliphatic carbocycles. The maximum Gasteiger partial charge on any atom is 0.0173 e. The van der Waals surface area contributed by atoms with Crippen molar-refractivity contribution in [1.82, 2.24) is 4.90 Å². The van der Waals surface area contributed by atoms with Crippen LogP contribution in [0.15, 0.2) is 18.2 Å². The summed E-state index contributed by atoms with van der Waals surface area (Å²) in [4.78, 5) is 2.53. The van der Waals surface area contributed by atoms with Gasteiger partial charge in [-0.1, -0.05) is 24.6 Å². The van der Waals surface area contributed by atoms with Crippen LogP contribution in [0.1, 0.15) is 54.7 Å². The summed E-state index contributed by atoms with van der Waals surface area (Å²) in [7, 11) is 2.27. The Hall–Kier alpha value is -0.860. The minimum absolute atomic E-state index is 0.507. The van der Waals surface area contributed by atoms with E-state index in [0.717, 1.165) is 6.54 Å². The van der Waals surface area contributed by atoms with Crippen molar-refractivity contribution in [3.63, 3.8) is 0 Å². The maximum atomic E-state index is 6.15. The number of hydrogen-bond donors (Lipinski definition) is 1. The van der Waals surface area contributed by atoms with E-state index in [-0.39, 0.29) is 0 Å². The number of likely N-dealkylation sites (tertiary alicyclic amines) is 1. The van der Waals surface area contributed by atoms with Crippen molar-refractivity contribution in [2.24, 2.45) is 5.73 Å². The molecule has 1 fully saturated rings. The molecular formula is C18H28N2. The number of benzene rings is 1. The van der Waals surface area contributed by atoms with Gasteiger partial charge >= 0.3 is 0 Å². The molecule has 0 saturated carbocycles. The second-order valence-electron chi connectivity index (χ2n) is 6.62. The van der Waals surface area contributed by atoms with Gasteiger partial charge in [-0.3, -0.25) is 0 Å². The third-order valence-electron chi connectivity index (χ3n) is 5.35. The zero-order valence-corrected chi connectivity index (χ0v) is 12.8. The Morgan fingerprint density at radius 3 is 2.70 bits per heavy atom. The first-order chi connectivity index (χ1) is 9.79. The molecule has 0 radical (unpaired) electrons. The third-order valence-corrected chi connectivity index (χ3v) is 5.35. The summed E-state index contributed by atoms with van der Waals surface area (Å²) in [5.41, 5.74) is 10.8. The lowest BCUT2D eigenvalue weighted by Gasteiger charge is -2.38. The van der Waals surface area contributed by atoms with Crippen LogP contribution in [-0.2, 0) is 12.8 Å². The minimum atomic E-state index is 0.507. The minimum Gasteiger partial charge on any atom is -0.330 e. The van der Waals surface area contributed by atoms with Gasteiger partial charge in [0.05, 0.1) is 0 Å². The van der Waals surface area contributed by atoms with Crippen LogP contribution >= 0.6 is 0 Å². The lowest BCUT2D eigenvalue weighted by Crippen LogP contribution is -2.42. The summed E-state index contributed by atoms with van der Waals surface area (Å²) in [6.45, 7) is 2.00. The normalized spacial score (nSPS) is 25.2. The molecular weight excluding hydrogens is 244 g/mol. The van der Waals surface area contributed by atoms with Crippen molar-refractivity contribution in [3.05, 3.63) is 34.9 Å². The molecule has 0 amide bonds. The van der Waals surface area contributed by atoms with Gasteiger partial charge in [-0.2, -0.15) is 0 Å². The van der Waals surface area contributed by atoms with E-state index >= 15 is 0 Å². The van der Waals surface area contributed by atoms with E-state index in [9.17, 15) is 0 Å². The van der Waals surface area contributed by atoms with Gasteiger partial charge in [-0.15, -0.1) is 0 Å². The quantitative estimate of drug-likeness (QED) is 0.916. The molecule has 2 unspecified atom stereocenters. The van der Waals surface area contributed by atoms with Crippen LogP contribution in [0.5, 0.6) is 0 Å².